The fourth-order valence-corrected chi connectivity index (χ4v) is 6.46. The van der Waals surface area contributed by atoms with E-state index in [1.807, 2.05) is 11.9 Å². The Balaban J connectivity index is 1.79. The molecule has 0 spiro atoms. The van der Waals surface area contributed by atoms with E-state index >= 15 is 0 Å². The minimum atomic E-state index is -5.17. The Bertz CT molecular complexity index is 1490. The Morgan fingerprint density at radius 3 is 2.36 bits per heavy atom. The smallest absolute Gasteiger partial charge is 0.428 e. The Kier molecular flexibility index (Phi) is 8.85. The summed E-state index contributed by atoms with van der Waals surface area (Å²) < 4.78 is 129. The van der Waals surface area contributed by atoms with Crippen molar-refractivity contribution in [3.8, 4) is 5.75 Å². The number of sulfonamides is 1. The molecule has 2 aromatic carbocycles. The Morgan fingerprint density at radius 2 is 1.79 bits per heavy atom. The molecule has 1 fully saturated rings. The fourth-order valence-electron chi connectivity index (χ4n) is 4.87. The highest BCUT2D eigenvalue weighted by Gasteiger charge is 2.60. The molecule has 0 saturated carbocycles. The average molecular weight is 641 g/mol. The van der Waals surface area contributed by atoms with Gasteiger partial charge in [0.15, 0.2) is 0 Å². The van der Waals surface area contributed by atoms with Crippen LogP contribution in [-0.4, -0.2) is 70.8 Å². The first kappa shape index (κ1) is 32.0. The zero-order valence-electron chi connectivity index (χ0n) is 22.5. The number of methoxy groups -OCH3 is 2. The predicted octanol–water partition coefficient (Wildman–Crippen LogP) is 6.13. The number of likely N-dealkylation sites (N-methyl/N-ethyl adjacent to an activating group) is 1. The molecule has 4 rings (SSSR count). The van der Waals surface area contributed by atoms with Gasteiger partial charge in [0.25, 0.3) is 0 Å². The molecule has 1 saturated heterocycles. The van der Waals surface area contributed by atoms with Crippen molar-refractivity contribution in [2.45, 2.75) is 35.7 Å². The highest BCUT2D eigenvalue weighted by molar-refractivity contribution is 7.94. The number of nitrogens with zero attached hydrogens (tertiary/aromatic N) is 1. The van der Waals surface area contributed by atoms with E-state index in [1.165, 1.54) is 18.2 Å². The molecule has 0 bridgehead atoms. The van der Waals surface area contributed by atoms with E-state index in [4.69, 9.17) is 25.8 Å². The number of rotatable bonds is 8. The molecule has 2 unspecified atom stereocenters. The van der Waals surface area contributed by atoms with Gasteiger partial charge in [-0.1, -0.05) is 23.7 Å². The van der Waals surface area contributed by atoms with Crippen LogP contribution in [0.25, 0.3) is 5.57 Å². The molecule has 0 radical (unpaired) electrons. The number of halogens is 7. The van der Waals surface area contributed by atoms with Crippen LogP contribution in [0.4, 0.5) is 32.0 Å². The van der Waals surface area contributed by atoms with Gasteiger partial charge in [0, 0.05) is 26.3 Å². The van der Waals surface area contributed by atoms with Gasteiger partial charge in [-0.15, -0.1) is 0 Å². The number of ether oxygens (including phenoxy) is 3. The second kappa shape index (κ2) is 11.6. The third kappa shape index (κ3) is 6.36. The monoisotopic (exact) mass is 640 g/mol. The number of likely N-dealkylation sites (tertiary alicyclic amines) is 1. The van der Waals surface area contributed by atoms with Crippen LogP contribution in [0.5, 0.6) is 5.75 Å². The minimum absolute atomic E-state index is 0.0316. The van der Waals surface area contributed by atoms with Crippen molar-refractivity contribution in [2.24, 2.45) is 0 Å². The summed E-state index contributed by atoms with van der Waals surface area (Å²) in [5.41, 5.74) is -5.50. The highest BCUT2D eigenvalue weighted by Crippen LogP contribution is 2.47. The minimum Gasteiger partial charge on any atom is -0.498 e. The average Bonchev–Trinajstić information content (AvgIpc) is 3.32. The van der Waals surface area contributed by atoms with Crippen LogP contribution >= 0.6 is 11.6 Å². The first-order chi connectivity index (χ1) is 19.5. The molecule has 42 heavy (non-hydrogen) atoms. The van der Waals surface area contributed by atoms with E-state index in [9.17, 15) is 34.8 Å². The Morgan fingerprint density at radius 1 is 1.07 bits per heavy atom. The summed E-state index contributed by atoms with van der Waals surface area (Å²) in [5, 5.41) is -1.73. The van der Waals surface area contributed by atoms with Crippen LogP contribution in [0.3, 0.4) is 0 Å². The Hall–Kier alpha value is -2.94. The molecule has 0 aromatic heterocycles. The molecule has 1 aliphatic heterocycles. The maximum atomic E-state index is 14.4. The van der Waals surface area contributed by atoms with Gasteiger partial charge >= 0.3 is 12.4 Å². The molecule has 0 amide bonds. The van der Waals surface area contributed by atoms with E-state index in [2.05, 4.69) is 4.72 Å². The summed E-state index contributed by atoms with van der Waals surface area (Å²) in [6.07, 6.45) is -8.42. The maximum Gasteiger partial charge on any atom is 0.428 e. The molecule has 230 valence electrons. The lowest BCUT2D eigenvalue weighted by molar-refractivity contribution is -0.245. The lowest BCUT2D eigenvalue weighted by Crippen LogP contribution is -2.50. The van der Waals surface area contributed by atoms with Crippen molar-refractivity contribution in [3.05, 3.63) is 76.5 Å². The van der Waals surface area contributed by atoms with Crippen LogP contribution in [0.1, 0.15) is 17.5 Å². The van der Waals surface area contributed by atoms with E-state index in [0.717, 1.165) is 39.0 Å². The summed E-state index contributed by atoms with van der Waals surface area (Å²) in [6.45, 7) is 1.40. The molecule has 1 heterocycles. The van der Waals surface area contributed by atoms with Crippen LogP contribution in [0.2, 0.25) is 5.02 Å². The van der Waals surface area contributed by atoms with Gasteiger partial charge in [0.05, 0.1) is 23.4 Å². The summed E-state index contributed by atoms with van der Waals surface area (Å²) >= 11 is 6.25. The van der Waals surface area contributed by atoms with Crippen molar-refractivity contribution in [1.82, 2.24) is 4.90 Å². The molecule has 2 aliphatic rings. The SMILES string of the molecule is COC1=CC(S(=O)(=O)Nc2ccc(Cl)c(O[C@@H]3CCN(C)C3)c2)C(c2cccc(C(F)(F)F)c2)=CC1(OC)C(F)(F)F. The zero-order chi connectivity index (χ0) is 31.1. The van der Waals surface area contributed by atoms with Crippen LogP contribution in [-0.2, 0) is 25.7 Å². The number of hydrogen-bond donors (Lipinski definition) is 1. The molecular weight excluding hydrogens is 614 g/mol. The van der Waals surface area contributed by atoms with Gasteiger partial charge < -0.3 is 19.1 Å². The first-order valence-corrected chi connectivity index (χ1v) is 14.4. The molecule has 1 N–H and O–H groups in total. The number of alkyl halides is 6. The van der Waals surface area contributed by atoms with Crippen molar-refractivity contribution in [1.29, 1.82) is 0 Å². The molecular formula is C27H27ClF6N2O5S. The second-order valence-corrected chi connectivity index (χ2v) is 12.1. The number of nitrogens with one attached hydrogen (secondary N) is 1. The van der Waals surface area contributed by atoms with Gasteiger partial charge in [0.2, 0.25) is 15.6 Å². The van der Waals surface area contributed by atoms with Crippen molar-refractivity contribution < 1.29 is 49.0 Å². The van der Waals surface area contributed by atoms with Crippen LogP contribution in [0.15, 0.2) is 60.4 Å². The number of hydrogen-bond acceptors (Lipinski definition) is 6. The fraction of sp³-hybridized carbons (Fsp3) is 0.407. The van der Waals surface area contributed by atoms with E-state index in [1.54, 1.807) is 0 Å². The van der Waals surface area contributed by atoms with Crippen molar-refractivity contribution in [3.63, 3.8) is 0 Å². The van der Waals surface area contributed by atoms with Gasteiger partial charge in [-0.25, -0.2) is 8.42 Å². The van der Waals surface area contributed by atoms with Crippen molar-refractivity contribution >= 4 is 32.9 Å². The predicted molar refractivity (Wildman–Crippen MR) is 145 cm³/mol. The van der Waals surface area contributed by atoms with Gasteiger partial charge in [0.1, 0.15) is 22.9 Å². The quantitative estimate of drug-likeness (QED) is 0.350. The van der Waals surface area contributed by atoms with Crippen LogP contribution < -0.4 is 9.46 Å². The summed E-state index contributed by atoms with van der Waals surface area (Å²) in [6, 6.07) is 7.37. The lowest BCUT2D eigenvalue weighted by atomic mass is 9.86. The second-order valence-electron chi connectivity index (χ2n) is 9.85. The largest absolute Gasteiger partial charge is 0.498 e. The molecule has 7 nitrogen and oxygen atoms in total. The topological polar surface area (TPSA) is 77.1 Å². The van der Waals surface area contributed by atoms with E-state index in [0.29, 0.717) is 31.2 Å². The summed E-state index contributed by atoms with van der Waals surface area (Å²) in [4.78, 5) is 2.04. The van der Waals surface area contributed by atoms with E-state index < -0.39 is 55.7 Å². The maximum absolute atomic E-state index is 14.4. The van der Waals surface area contributed by atoms with E-state index in [-0.39, 0.29) is 22.6 Å². The zero-order valence-corrected chi connectivity index (χ0v) is 24.1. The first-order valence-electron chi connectivity index (χ1n) is 12.5. The summed E-state index contributed by atoms with van der Waals surface area (Å²) in [7, 11) is -1.14. The van der Waals surface area contributed by atoms with Crippen molar-refractivity contribution in [2.75, 3.05) is 39.1 Å². The molecule has 15 heteroatoms. The highest BCUT2D eigenvalue weighted by atomic mass is 35.5. The lowest BCUT2D eigenvalue weighted by Gasteiger charge is -2.38. The number of benzene rings is 2. The normalized spacial score (nSPS) is 23.8. The molecule has 3 atom stereocenters. The summed E-state index contributed by atoms with van der Waals surface area (Å²) in [5.74, 6) is -0.730. The third-order valence-corrected chi connectivity index (χ3v) is 8.88. The Labute approximate surface area is 243 Å². The standard InChI is InChI=1S/C27H27ClF6N2O5S/c1-36-10-9-19(15-36)41-22-12-18(7-8-21(22)28)35-42(37,38)23-13-24(39-2)25(40-3,27(32,33)34)14-20(23)16-5-4-6-17(11-16)26(29,30)31/h4-8,11-14,19,23,35H,9-10,15H2,1-3H3/t19-,23?,25?/m1/s1. The van der Waals surface area contributed by atoms with Gasteiger partial charge in [-0.05, 0) is 61.0 Å². The molecule has 1 aliphatic carbocycles. The van der Waals surface area contributed by atoms with Crippen LogP contribution in [0, 0.1) is 0 Å². The number of anilines is 1. The van der Waals surface area contributed by atoms with Gasteiger partial charge in [-0.2, -0.15) is 26.3 Å². The van der Waals surface area contributed by atoms with Gasteiger partial charge in [-0.3, -0.25) is 4.72 Å². The third-order valence-electron chi connectivity index (χ3n) is 6.99. The molecule has 2 aromatic rings.